The van der Waals surface area contributed by atoms with Gasteiger partial charge in [0.05, 0.1) is 25.0 Å². The highest BCUT2D eigenvalue weighted by Crippen LogP contribution is 2.31. The van der Waals surface area contributed by atoms with Crippen LogP contribution >= 0.6 is 24.0 Å². The van der Waals surface area contributed by atoms with E-state index < -0.39 is 0 Å². The highest BCUT2D eigenvalue weighted by atomic mass is 127. The number of nitrogens with zero attached hydrogens (tertiary/aromatic N) is 4. The number of aromatic nitrogens is 3. The summed E-state index contributed by atoms with van der Waals surface area (Å²) in [7, 11) is 0. The van der Waals surface area contributed by atoms with Crippen molar-refractivity contribution in [3.63, 3.8) is 0 Å². The van der Waals surface area contributed by atoms with Crippen LogP contribution in [0.1, 0.15) is 54.3 Å². The molecule has 1 aromatic carbocycles. The van der Waals surface area contributed by atoms with Crippen LogP contribution in [0.4, 0.5) is 0 Å². The third kappa shape index (κ3) is 5.08. The Hall–Kier alpha value is -2.56. The Balaban J connectivity index is 0.00000245. The zero-order valence-corrected chi connectivity index (χ0v) is 20.5. The number of aryl methyl sites for hydroxylation is 2. The molecule has 0 saturated carbocycles. The summed E-state index contributed by atoms with van der Waals surface area (Å²) in [5.74, 6) is 4.46. The lowest BCUT2D eigenvalue weighted by atomic mass is 10.0. The van der Waals surface area contributed by atoms with Crippen molar-refractivity contribution in [1.29, 1.82) is 0 Å². The lowest BCUT2D eigenvalue weighted by Crippen LogP contribution is -2.44. The van der Waals surface area contributed by atoms with E-state index in [1.165, 1.54) is 0 Å². The predicted molar refractivity (Wildman–Crippen MR) is 132 cm³/mol. The highest BCUT2D eigenvalue weighted by molar-refractivity contribution is 14.0. The van der Waals surface area contributed by atoms with E-state index in [9.17, 15) is 0 Å². The van der Waals surface area contributed by atoms with Gasteiger partial charge >= 0.3 is 0 Å². The van der Waals surface area contributed by atoms with Crippen LogP contribution in [0.5, 0.6) is 5.75 Å². The zero-order valence-electron chi connectivity index (χ0n) is 18.2. The summed E-state index contributed by atoms with van der Waals surface area (Å²) in [6.45, 7) is 4.18. The molecule has 4 heterocycles. The maximum Gasteiger partial charge on any atom is 0.192 e. The summed E-state index contributed by atoms with van der Waals surface area (Å²) in [5, 5.41) is 11.8. The average molecular weight is 548 g/mol. The van der Waals surface area contributed by atoms with Crippen LogP contribution in [0, 0.1) is 6.92 Å². The van der Waals surface area contributed by atoms with Gasteiger partial charge in [-0.1, -0.05) is 18.2 Å². The molecule has 3 aromatic rings. The van der Waals surface area contributed by atoms with Gasteiger partial charge in [0.2, 0.25) is 0 Å². The number of ether oxygens (including phenoxy) is 1. The van der Waals surface area contributed by atoms with Crippen LogP contribution in [0.2, 0.25) is 0 Å². The first-order valence-electron chi connectivity index (χ1n) is 11.0. The predicted octanol–water partition coefficient (Wildman–Crippen LogP) is 3.93. The minimum absolute atomic E-state index is 0. The van der Waals surface area contributed by atoms with Gasteiger partial charge in [0.1, 0.15) is 23.2 Å². The quantitative estimate of drug-likeness (QED) is 0.286. The standard InChI is InChI=1S/C23H28N6O2.HI/c1-16-25-22-20(8-4-13-29(22)28-16)27-23(24-12-10-17-6-5-14-30-17)26-19-11-15-31-21-9-3-2-7-18(19)21;/h2-3,5-7,9,14,19-20H,4,8,10-13,15H2,1H3,(H2,24,26,27);1H. The molecule has 2 aliphatic heterocycles. The molecular weight excluding hydrogens is 519 g/mol. The summed E-state index contributed by atoms with van der Waals surface area (Å²) < 4.78 is 13.3. The van der Waals surface area contributed by atoms with E-state index in [0.717, 1.165) is 66.9 Å². The van der Waals surface area contributed by atoms with Crippen molar-refractivity contribution in [2.45, 2.75) is 51.2 Å². The van der Waals surface area contributed by atoms with E-state index in [4.69, 9.17) is 14.1 Å². The number of halogens is 1. The normalized spacial score (nSPS) is 19.8. The maximum atomic E-state index is 5.83. The summed E-state index contributed by atoms with van der Waals surface area (Å²) in [6, 6.07) is 12.3. The number of furan rings is 1. The van der Waals surface area contributed by atoms with Crippen molar-refractivity contribution in [3.8, 4) is 5.75 Å². The number of aliphatic imine (C=N–C) groups is 1. The van der Waals surface area contributed by atoms with Crippen LogP contribution in [0.15, 0.2) is 52.1 Å². The number of hydrogen-bond donors (Lipinski definition) is 2. The molecule has 2 N–H and O–H groups in total. The molecule has 8 nitrogen and oxygen atoms in total. The Morgan fingerprint density at radius 2 is 2.03 bits per heavy atom. The molecule has 32 heavy (non-hydrogen) atoms. The molecule has 0 amide bonds. The number of fused-ring (bicyclic) bond motifs is 2. The molecule has 5 rings (SSSR count). The Bertz CT molecular complexity index is 1050. The largest absolute Gasteiger partial charge is 0.493 e. The third-order valence-corrected chi connectivity index (χ3v) is 5.77. The van der Waals surface area contributed by atoms with Gasteiger partial charge in [-0.3, -0.25) is 4.99 Å². The van der Waals surface area contributed by atoms with Crippen molar-refractivity contribution in [3.05, 3.63) is 65.6 Å². The van der Waals surface area contributed by atoms with Crippen LogP contribution < -0.4 is 15.4 Å². The second kappa shape index (κ2) is 10.4. The van der Waals surface area contributed by atoms with Gasteiger partial charge in [-0.25, -0.2) is 9.67 Å². The Morgan fingerprint density at radius 3 is 2.91 bits per heavy atom. The Morgan fingerprint density at radius 1 is 1.16 bits per heavy atom. The molecule has 2 unspecified atom stereocenters. The van der Waals surface area contributed by atoms with Gasteiger partial charge in [-0.05, 0) is 38.0 Å². The van der Waals surface area contributed by atoms with Crippen molar-refractivity contribution >= 4 is 29.9 Å². The van der Waals surface area contributed by atoms with Crippen LogP contribution in [0.25, 0.3) is 0 Å². The second-order valence-electron chi connectivity index (χ2n) is 8.01. The topological polar surface area (TPSA) is 89.5 Å². The van der Waals surface area contributed by atoms with E-state index >= 15 is 0 Å². The average Bonchev–Trinajstić information content (AvgIpc) is 3.43. The summed E-state index contributed by atoms with van der Waals surface area (Å²) in [4.78, 5) is 9.54. The fourth-order valence-corrected chi connectivity index (χ4v) is 4.29. The van der Waals surface area contributed by atoms with Crippen molar-refractivity contribution in [2.24, 2.45) is 4.99 Å². The third-order valence-electron chi connectivity index (χ3n) is 5.77. The molecule has 2 aliphatic rings. The summed E-state index contributed by atoms with van der Waals surface area (Å²) in [5.41, 5.74) is 1.16. The van der Waals surface area contributed by atoms with Crippen molar-refractivity contribution in [1.82, 2.24) is 25.4 Å². The van der Waals surface area contributed by atoms with Gasteiger partial charge in [0.15, 0.2) is 5.96 Å². The monoisotopic (exact) mass is 548 g/mol. The number of hydrogen-bond acceptors (Lipinski definition) is 5. The number of guanidine groups is 1. The molecular formula is C23H29IN6O2. The molecule has 2 atom stereocenters. The molecule has 0 fully saturated rings. The number of benzene rings is 1. The number of para-hydroxylation sites is 1. The molecule has 0 spiro atoms. The fraction of sp³-hybridized carbons (Fsp3) is 0.435. The van der Waals surface area contributed by atoms with Crippen LogP contribution in [0.3, 0.4) is 0 Å². The Labute approximate surface area is 204 Å². The van der Waals surface area contributed by atoms with E-state index in [1.807, 2.05) is 35.9 Å². The number of rotatable bonds is 5. The van der Waals surface area contributed by atoms with Crippen LogP contribution in [-0.4, -0.2) is 33.9 Å². The van der Waals surface area contributed by atoms with Crippen molar-refractivity contribution in [2.75, 3.05) is 13.2 Å². The Kier molecular flexibility index (Phi) is 7.33. The van der Waals surface area contributed by atoms with Gasteiger partial charge in [0.25, 0.3) is 0 Å². The summed E-state index contributed by atoms with van der Waals surface area (Å²) in [6.07, 6.45) is 5.40. The van der Waals surface area contributed by atoms with Gasteiger partial charge < -0.3 is 19.8 Å². The smallest absolute Gasteiger partial charge is 0.192 e. The van der Waals surface area contributed by atoms with Gasteiger partial charge in [-0.2, -0.15) is 5.10 Å². The van der Waals surface area contributed by atoms with Crippen LogP contribution in [-0.2, 0) is 13.0 Å². The van der Waals surface area contributed by atoms with E-state index in [0.29, 0.717) is 13.2 Å². The first kappa shape index (κ1) is 22.6. The van der Waals surface area contributed by atoms with E-state index in [1.54, 1.807) is 6.26 Å². The van der Waals surface area contributed by atoms with Gasteiger partial charge in [-0.15, -0.1) is 24.0 Å². The molecule has 0 aliphatic carbocycles. The lowest BCUT2D eigenvalue weighted by Gasteiger charge is -2.30. The molecule has 0 bridgehead atoms. The van der Waals surface area contributed by atoms with Crippen molar-refractivity contribution < 1.29 is 9.15 Å². The molecule has 9 heteroatoms. The van der Waals surface area contributed by atoms with E-state index in [-0.39, 0.29) is 36.1 Å². The minimum atomic E-state index is 0. The zero-order chi connectivity index (χ0) is 21.0. The molecule has 2 aromatic heterocycles. The lowest BCUT2D eigenvalue weighted by molar-refractivity contribution is 0.261. The number of nitrogens with one attached hydrogen (secondary N) is 2. The fourth-order valence-electron chi connectivity index (χ4n) is 4.29. The van der Waals surface area contributed by atoms with E-state index in [2.05, 4.69) is 32.8 Å². The first-order chi connectivity index (χ1) is 15.3. The molecule has 0 radical (unpaired) electrons. The minimum Gasteiger partial charge on any atom is -0.493 e. The molecule has 170 valence electrons. The summed E-state index contributed by atoms with van der Waals surface area (Å²) >= 11 is 0. The highest BCUT2D eigenvalue weighted by Gasteiger charge is 2.27. The first-order valence-corrected chi connectivity index (χ1v) is 11.0. The van der Waals surface area contributed by atoms with Gasteiger partial charge in [0, 0.05) is 31.5 Å². The SMILES string of the molecule is Cc1nc2n(n1)CCCC2NC(=NCCc1ccco1)NC1CCOc2ccccc21.I. The maximum absolute atomic E-state index is 5.83. The molecule has 0 saturated heterocycles. The second-order valence-corrected chi connectivity index (χ2v) is 8.01.